The van der Waals surface area contributed by atoms with Crippen LogP contribution in [0.5, 0.6) is 5.75 Å². The topological polar surface area (TPSA) is 93.5 Å². The Bertz CT molecular complexity index is 1010. The van der Waals surface area contributed by atoms with E-state index in [9.17, 15) is 14.7 Å². The van der Waals surface area contributed by atoms with Gasteiger partial charge < -0.3 is 15.2 Å². The van der Waals surface area contributed by atoms with Crippen molar-refractivity contribution in [3.05, 3.63) is 71.0 Å². The maximum atomic E-state index is 12.2. The van der Waals surface area contributed by atoms with Crippen molar-refractivity contribution < 1.29 is 19.4 Å². The second-order valence-corrected chi connectivity index (χ2v) is 6.46. The highest BCUT2D eigenvalue weighted by atomic mass is 16.5. The number of ether oxygens (including phenoxy) is 1. The van der Waals surface area contributed by atoms with E-state index in [1.807, 2.05) is 38.1 Å². The van der Waals surface area contributed by atoms with Crippen molar-refractivity contribution in [3.8, 4) is 11.4 Å². The summed E-state index contributed by atoms with van der Waals surface area (Å²) in [5.41, 5.74) is 4.33. The molecule has 144 valence electrons. The SMILES string of the molecule is Cc1ccc(-n2nc(C)c(NC(=O)COC(=O)c3ccc(O)cc3)c2C)cc1. The first-order chi connectivity index (χ1) is 13.3. The molecule has 1 aromatic heterocycles. The van der Waals surface area contributed by atoms with Gasteiger partial charge in [0.1, 0.15) is 5.75 Å². The molecule has 0 unspecified atom stereocenters. The van der Waals surface area contributed by atoms with Crippen LogP contribution in [0.2, 0.25) is 0 Å². The van der Waals surface area contributed by atoms with Gasteiger partial charge in [0.15, 0.2) is 6.61 Å². The molecule has 2 N–H and O–H groups in total. The summed E-state index contributed by atoms with van der Waals surface area (Å²) in [5.74, 6) is -1.05. The van der Waals surface area contributed by atoms with Crippen molar-refractivity contribution >= 4 is 17.6 Å². The van der Waals surface area contributed by atoms with Crippen LogP contribution in [-0.2, 0) is 9.53 Å². The first-order valence-electron chi connectivity index (χ1n) is 8.74. The fourth-order valence-corrected chi connectivity index (χ4v) is 2.75. The molecule has 0 saturated heterocycles. The number of aromatic hydroxyl groups is 1. The number of hydrogen-bond donors (Lipinski definition) is 2. The molecular formula is C21H21N3O4. The standard InChI is InChI=1S/C21H21N3O4/c1-13-4-8-17(9-5-13)24-15(3)20(14(2)23-24)22-19(26)12-28-21(27)16-6-10-18(25)11-7-16/h4-11,25H,12H2,1-3H3,(H,22,26). The summed E-state index contributed by atoms with van der Waals surface area (Å²) in [7, 11) is 0. The van der Waals surface area contributed by atoms with Crippen molar-refractivity contribution in [2.24, 2.45) is 0 Å². The van der Waals surface area contributed by atoms with Gasteiger partial charge >= 0.3 is 5.97 Å². The molecule has 0 aliphatic carbocycles. The normalized spacial score (nSPS) is 10.5. The summed E-state index contributed by atoms with van der Waals surface area (Å²) >= 11 is 0. The van der Waals surface area contributed by atoms with E-state index in [1.165, 1.54) is 24.3 Å². The number of rotatable bonds is 5. The Kier molecular flexibility index (Phi) is 5.44. The highest BCUT2D eigenvalue weighted by Crippen LogP contribution is 2.23. The molecule has 0 spiro atoms. The number of phenols is 1. The molecule has 7 heteroatoms. The zero-order valence-corrected chi connectivity index (χ0v) is 15.9. The van der Waals surface area contributed by atoms with Gasteiger partial charge in [0.05, 0.1) is 28.3 Å². The first-order valence-corrected chi connectivity index (χ1v) is 8.74. The molecule has 0 radical (unpaired) electrons. The lowest BCUT2D eigenvalue weighted by molar-refractivity contribution is -0.119. The van der Waals surface area contributed by atoms with Crippen LogP contribution >= 0.6 is 0 Å². The smallest absolute Gasteiger partial charge is 0.338 e. The summed E-state index contributed by atoms with van der Waals surface area (Å²) in [6.45, 7) is 5.25. The van der Waals surface area contributed by atoms with Crippen LogP contribution in [0, 0.1) is 20.8 Å². The second-order valence-electron chi connectivity index (χ2n) is 6.46. The fraction of sp³-hybridized carbons (Fsp3) is 0.190. The van der Waals surface area contributed by atoms with Gasteiger partial charge in [-0.15, -0.1) is 0 Å². The predicted molar refractivity (Wildman–Crippen MR) is 105 cm³/mol. The molecule has 0 atom stereocenters. The van der Waals surface area contributed by atoms with Gasteiger partial charge in [0.25, 0.3) is 5.91 Å². The van der Waals surface area contributed by atoms with E-state index in [0.29, 0.717) is 11.4 Å². The third-order valence-corrected chi connectivity index (χ3v) is 4.27. The van der Waals surface area contributed by atoms with Gasteiger partial charge in [-0.25, -0.2) is 9.48 Å². The molecule has 3 aromatic rings. The Labute approximate surface area is 162 Å². The van der Waals surface area contributed by atoms with Gasteiger partial charge in [0, 0.05) is 0 Å². The zero-order valence-electron chi connectivity index (χ0n) is 15.9. The van der Waals surface area contributed by atoms with Gasteiger partial charge in [0.2, 0.25) is 0 Å². The molecule has 1 amide bonds. The molecule has 0 aliphatic rings. The summed E-state index contributed by atoms with van der Waals surface area (Å²) in [6.07, 6.45) is 0. The van der Waals surface area contributed by atoms with Gasteiger partial charge in [-0.05, 0) is 57.2 Å². The van der Waals surface area contributed by atoms with Crippen molar-refractivity contribution in [2.45, 2.75) is 20.8 Å². The number of benzene rings is 2. The fourth-order valence-electron chi connectivity index (χ4n) is 2.75. The van der Waals surface area contributed by atoms with E-state index in [0.717, 1.165) is 16.9 Å². The summed E-state index contributed by atoms with van der Waals surface area (Å²) in [6, 6.07) is 13.5. The van der Waals surface area contributed by atoms with Crippen LogP contribution in [0.1, 0.15) is 27.3 Å². The van der Waals surface area contributed by atoms with Crippen LogP contribution in [0.4, 0.5) is 5.69 Å². The van der Waals surface area contributed by atoms with E-state index < -0.39 is 18.5 Å². The number of carbonyl (C=O) groups excluding carboxylic acids is 2. The highest BCUT2D eigenvalue weighted by Gasteiger charge is 2.16. The third-order valence-electron chi connectivity index (χ3n) is 4.27. The average Bonchev–Trinajstić information content (AvgIpc) is 2.95. The van der Waals surface area contributed by atoms with Gasteiger partial charge in [-0.2, -0.15) is 5.10 Å². The number of nitrogens with one attached hydrogen (secondary N) is 1. The molecule has 0 saturated carbocycles. The largest absolute Gasteiger partial charge is 0.508 e. The Morgan fingerprint density at radius 1 is 1.04 bits per heavy atom. The number of hydrogen-bond acceptors (Lipinski definition) is 5. The maximum Gasteiger partial charge on any atom is 0.338 e. The highest BCUT2D eigenvalue weighted by molar-refractivity contribution is 5.96. The molecule has 0 fully saturated rings. The number of amides is 1. The summed E-state index contributed by atoms with van der Waals surface area (Å²) in [4.78, 5) is 24.2. The molecule has 2 aromatic carbocycles. The predicted octanol–water partition coefficient (Wildman–Crippen LogP) is 3.30. The number of aromatic nitrogens is 2. The Morgan fingerprint density at radius 2 is 1.68 bits per heavy atom. The number of carbonyl (C=O) groups is 2. The average molecular weight is 379 g/mol. The maximum absolute atomic E-state index is 12.2. The molecule has 7 nitrogen and oxygen atoms in total. The van der Waals surface area contributed by atoms with Gasteiger partial charge in [-0.3, -0.25) is 4.79 Å². The number of esters is 1. The second kappa shape index (κ2) is 7.96. The lowest BCUT2D eigenvalue weighted by Crippen LogP contribution is -2.21. The van der Waals surface area contributed by atoms with Crippen molar-refractivity contribution in [3.63, 3.8) is 0 Å². The van der Waals surface area contributed by atoms with Crippen molar-refractivity contribution in [2.75, 3.05) is 11.9 Å². The molecule has 1 heterocycles. The van der Waals surface area contributed by atoms with Gasteiger partial charge in [-0.1, -0.05) is 17.7 Å². The Hall–Kier alpha value is -3.61. The minimum Gasteiger partial charge on any atom is -0.508 e. The lowest BCUT2D eigenvalue weighted by Gasteiger charge is -2.08. The lowest BCUT2D eigenvalue weighted by atomic mass is 10.2. The van der Waals surface area contributed by atoms with Crippen molar-refractivity contribution in [1.29, 1.82) is 0 Å². The summed E-state index contributed by atoms with van der Waals surface area (Å²) in [5, 5.41) is 16.5. The van der Waals surface area contributed by atoms with E-state index in [-0.39, 0.29) is 11.3 Å². The molecule has 28 heavy (non-hydrogen) atoms. The Balaban J connectivity index is 1.66. The summed E-state index contributed by atoms with van der Waals surface area (Å²) < 4.78 is 6.78. The van der Waals surface area contributed by atoms with Crippen LogP contribution < -0.4 is 5.32 Å². The molecule has 3 rings (SSSR count). The number of phenolic OH excluding ortho intramolecular Hbond substituents is 1. The number of aryl methyl sites for hydroxylation is 2. The van der Waals surface area contributed by atoms with E-state index in [1.54, 1.807) is 11.6 Å². The molecule has 0 aliphatic heterocycles. The van der Waals surface area contributed by atoms with Crippen LogP contribution in [0.25, 0.3) is 5.69 Å². The van der Waals surface area contributed by atoms with Crippen LogP contribution in [0.15, 0.2) is 48.5 Å². The minimum absolute atomic E-state index is 0.0471. The van der Waals surface area contributed by atoms with E-state index in [4.69, 9.17) is 4.74 Å². The third kappa shape index (κ3) is 4.20. The molecule has 0 bridgehead atoms. The quantitative estimate of drug-likeness (QED) is 0.664. The van der Waals surface area contributed by atoms with Crippen molar-refractivity contribution in [1.82, 2.24) is 9.78 Å². The first kappa shape index (κ1) is 19.2. The monoisotopic (exact) mass is 379 g/mol. The van der Waals surface area contributed by atoms with Crippen LogP contribution in [0.3, 0.4) is 0 Å². The number of nitrogens with zero attached hydrogens (tertiary/aromatic N) is 2. The molecular weight excluding hydrogens is 358 g/mol. The van der Waals surface area contributed by atoms with E-state index >= 15 is 0 Å². The minimum atomic E-state index is -0.640. The van der Waals surface area contributed by atoms with E-state index in [2.05, 4.69) is 10.4 Å². The Morgan fingerprint density at radius 3 is 2.32 bits per heavy atom. The number of anilines is 1. The van der Waals surface area contributed by atoms with Crippen LogP contribution in [-0.4, -0.2) is 33.4 Å². The zero-order chi connectivity index (χ0) is 20.3.